The number of nitrogens with one attached hydrogen (secondary N) is 1. The summed E-state index contributed by atoms with van der Waals surface area (Å²) in [4.78, 5) is 14.4. The van der Waals surface area contributed by atoms with E-state index in [0.29, 0.717) is 23.9 Å². The molecule has 0 unspecified atom stereocenters. The smallest absolute Gasteiger partial charge is 0.271 e. The van der Waals surface area contributed by atoms with Crippen LogP contribution in [-0.4, -0.2) is 56.5 Å². The normalized spacial score (nSPS) is 11.2. The fraction of sp³-hybridized carbons (Fsp3) is 0.562. The third-order valence-corrected chi connectivity index (χ3v) is 4.60. The van der Waals surface area contributed by atoms with Gasteiger partial charge in [-0.3, -0.25) is 9.48 Å². The second-order valence-corrected chi connectivity index (χ2v) is 6.03. The Morgan fingerprint density at radius 1 is 1.29 bits per heavy atom. The molecule has 2 rings (SSSR count). The third-order valence-electron chi connectivity index (χ3n) is 4.05. The molecule has 2 aromatic heterocycles. The lowest BCUT2D eigenvalue weighted by Crippen LogP contribution is -2.35. The number of carbonyl (C=O) groups excluding carboxylic acids is 1. The Kier molecular flexibility index (Phi) is 6.39. The van der Waals surface area contributed by atoms with Crippen molar-refractivity contribution in [2.24, 2.45) is 0 Å². The molecule has 0 spiro atoms. The highest BCUT2D eigenvalue weighted by Crippen LogP contribution is 2.18. The molecule has 8 heteroatoms. The minimum absolute atomic E-state index is 0.160. The van der Waals surface area contributed by atoms with Gasteiger partial charge in [0.15, 0.2) is 0 Å². The van der Waals surface area contributed by atoms with E-state index in [0.717, 1.165) is 31.0 Å². The summed E-state index contributed by atoms with van der Waals surface area (Å²) < 4.78 is 3.45. The summed E-state index contributed by atoms with van der Waals surface area (Å²) in [5.41, 5.74) is 2.08. The predicted octanol–water partition coefficient (Wildman–Crippen LogP) is 1.93. The Morgan fingerprint density at radius 2 is 2.00 bits per heavy atom. The van der Waals surface area contributed by atoms with Crippen molar-refractivity contribution in [2.75, 3.05) is 26.2 Å². The zero-order valence-electron chi connectivity index (χ0n) is 14.7. The molecule has 0 atom stereocenters. The SMILES string of the molecule is CCN(CC)CCNC(=O)c1ccn(Cn2nc(C)c(Cl)c2C)n1. The zero-order chi connectivity index (χ0) is 17.7. The number of aryl methyl sites for hydroxylation is 1. The molecular weight excluding hydrogens is 328 g/mol. The number of aromatic nitrogens is 4. The summed E-state index contributed by atoms with van der Waals surface area (Å²) >= 11 is 6.15. The summed E-state index contributed by atoms with van der Waals surface area (Å²) in [6, 6.07) is 1.71. The maximum Gasteiger partial charge on any atom is 0.271 e. The molecule has 1 amide bonds. The second-order valence-electron chi connectivity index (χ2n) is 5.65. The van der Waals surface area contributed by atoms with Crippen LogP contribution in [0, 0.1) is 13.8 Å². The molecule has 0 aliphatic heterocycles. The summed E-state index contributed by atoms with van der Waals surface area (Å²) in [5, 5.41) is 12.2. The maximum atomic E-state index is 12.1. The lowest BCUT2D eigenvalue weighted by molar-refractivity contribution is 0.0943. The highest BCUT2D eigenvalue weighted by atomic mass is 35.5. The van der Waals surface area contributed by atoms with Crippen molar-refractivity contribution >= 4 is 17.5 Å². The fourth-order valence-corrected chi connectivity index (χ4v) is 2.60. The van der Waals surface area contributed by atoms with Gasteiger partial charge in [-0.2, -0.15) is 10.2 Å². The number of rotatable bonds is 8. The average molecular weight is 353 g/mol. The van der Waals surface area contributed by atoms with Crippen LogP contribution < -0.4 is 5.32 Å². The third kappa shape index (κ3) is 4.36. The van der Waals surface area contributed by atoms with Gasteiger partial charge in [-0.05, 0) is 33.0 Å². The molecule has 0 bridgehead atoms. The molecule has 1 N–H and O–H groups in total. The van der Waals surface area contributed by atoms with Crippen molar-refractivity contribution in [1.82, 2.24) is 29.8 Å². The molecular formula is C16H25ClN6O. The van der Waals surface area contributed by atoms with E-state index in [4.69, 9.17) is 11.6 Å². The molecule has 24 heavy (non-hydrogen) atoms. The van der Waals surface area contributed by atoms with E-state index >= 15 is 0 Å². The van der Waals surface area contributed by atoms with E-state index in [9.17, 15) is 4.79 Å². The first-order valence-corrected chi connectivity index (χ1v) is 8.57. The number of hydrogen-bond donors (Lipinski definition) is 1. The molecule has 0 saturated carbocycles. The van der Waals surface area contributed by atoms with E-state index < -0.39 is 0 Å². The minimum Gasteiger partial charge on any atom is -0.349 e. The van der Waals surface area contributed by atoms with Crippen LogP contribution in [0.2, 0.25) is 5.02 Å². The Morgan fingerprint density at radius 3 is 2.58 bits per heavy atom. The van der Waals surface area contributed by atoms with Gasteiger partial charge in [0.1, 0.15) is 12.4 Å². The lowest BCUT2D eigenvalue weighted by atomic mass is 10.4. The van der Waals surface area contributed by atoms with Crippen molar-refractivity contribution in [3.8, 4) is 0 Å². The Balaban J connectivity index is 1.92. The zero-order valence-corrected chi connectivity index (χ0v) is 15.5. The van der Waals surface area contributed by atoms with Crippen molar-refractivity contribution in [2.45, 2.75) is 34.4 Å². The van der Waals surface area contributed by atoms with Gasteiger partial charge < -0.3 is 10.2 Å². The predicted molar refractivity (Wildman–Crippen MR) is 94.5 cm³/mol. The van der Waals surface area contributed by atoms with E-state index in [-0.39, 0.29) is 5.91 Å². The van der Waals surface area contributed by atoms with Crippen LogP contribution in [0.1, 0.15) is 35.7 Å². The van der Waals surface area contributed by atoms with Gasteiger partial charge in [-0.1, -0.05) is 25.4 Å². The van der Waals surface area contributed by atoms with E-state index in [2.05, 4.69) is 34.3 Å². The van der Waals surface area contributed by atoms with Gasteiger partial charge in [0.2, 0.25) is 0 Å². The molecule has 0 saturated heterocycles. The number of amides is 1. The fourth-order valence-electron chi connectivity index (χ4n) is 2.47. The molecule has 2 heterocycles. The second kappa shape index (κ2) is 8.30. The number of likely N-dealkylation sites (N-methyl/N-ethyl adjacent to an activating group) is 1. The van der Waals surface area contributed by atoms with Gasteiger partial charge >= 0.3 is 0 Å². The number of carbonyl (C=O) groups is 1. The molecule has 7 nitrogen and oxygen atoms in total. The van der Waals surface area contributed by atoms with Gasteiger partial charge in [-0.15, -0.1) is 0 Å². The van der Waals surface area contributed by atoms with Crippen LogP contribution >= 0.6 is 11.6 Å². The molecule has 0 fully saturated rings. The maximum absolute atomic E-state index is 12.1. The highest BCUT2D eigenvalue weighted by Gasteiger charge is 2.12. The van der Waals surface area contributed by atoms with Crippen molar-refractivity contribution in [3.05, 3.63) is 34.4 Å². The first-order valence-electron chi connectivity index (χ1n) is 8.19. The Hall–Kier alpha value is -1.86. The molecule has 0 aliphatic carbocycles. The Labute approximate surface area is 147 Å². The first-order chi connectivity index (χ1) is 11.5. The van der Waals surface area contributed by atoms with E-state index in [1.165, 1.54) is 0 Å². The van der Waals surface area contributed by atoms with Gasteiger partial charge in [0, 0.05) is 19.3 Å². The summed E-state index contributed by atoms with van der Waals surface area (Å²) in [6.07, 6.45) is 1.77. The molecule has 0 radical (unpaired) electrons. The van der Waals surface area contributed by atoms with Crippen LogP contribution in [0.25, 0.3) is 0 Å². The summed E-state index contributed by atoms with van der Waals surface area (Å²) in [5.74, 6) is -0.160. The van der Waals surface area contributed by atoms with Crippen molar-refractivity contribution in [3.63, 3.8) is 0 Å². The largest absolute Gasteiger partial charge is 0.349 e. The quantitative estimate of drug-likeness (QED) is 0.788. The van der Waals surface area contributed by atoms with Crippen molar-refractivity contribution < 1.29 is 4.79 Å². The molecule has 2 aromatic rings. The van der Waals surface area contributed by atoms with Gasteiger partial charge in [0.05, 0.1) is 16.4 Å². The van der Waals surface area contributed by atoms with Crippen molar-refractivity contribution in [1.29, 1.82) is 0 Å². The topological polar surface area (TPSA) is 68.0 Å². The van der Waals surface area contributed by atoms with Crippen LogP contribution in [0.15, 0.2) is 12.3 Å². The highest BCUT2D eigenvalue weighted by molar-refractivity contribution is 6.31. The average Bonchev–Trinajstić information content (AvgIpc) is 3.13. The monoisotopic (exact) mass is 352 g/mol. The summed E-state index contributed by atoms with van der Waals surface area (Å²) in [6.45, 7) is 11.8. The first kappa shape index (κ1) is 18.5. The van der Waals surface area contributed by atoms with E-state index in [1.807, 2.05) is 13.8 Å². The van der Waals surface area contributed by atoms with Gasteiger partial charge in [0.25, 0.3) is 5.91 Å². The van der Waals surface area contributed by atoms with Crippen LogP contribution in [-0.2, 0) is 6.67 Å². The Bertz CT molecular complexity index is 689. The minimum atomic E-state index is -0.160. The molecule has 0 aliphatic rings. The summed E-state index contributed by atoms with van der Waals surface area (Å²) in [7, 11) is 0. The standard InChI is InChI=1S/C16H25ClN6O/c1-5-21(6-2)10-8-18-16(24)14-7-9-22(20-14)11-23-13(4)15(17)12(3)19-23/h7,9H,5-6,8,10-11H2,1-4H3,(H,18,24). The molecule has 132 valence electrons. The van der Waals surface area contributed by atoms with E-state index in [1.54, 1.807) is 21.6 Å². The number of hydrogen-bond acceptors (Lipinski definition) is 4. The number of nitrogens with zero attached hydrogens (tertiary/aromatic N) is 5. The van der Waals surface area contributed by atoms with Gasteiger partial charge in [-0.25, -0.2) is 4.68 Å². The lowest BCUT2D eigenvalue weighted by Gasteiger charge is -2.17. The van der Waals surface area contributed by atoms with Crippen LogP contribution in [0.3, 0.4) is 0 Å². The van der Waals surface area contributed by atoms with Crippen LogP contribution in [0.4, 0.5) is 0 Å². The molecule has 0 aromatic carbocycles. The number of halogens is 1. The van der Waals surface area contributed by atoms with Crippen LogP contribution in [0.5, 0.6) is 0 Å².